The lowest BCUT2D eigenvalue weighted by Gasteiger charge is -2.37. The van der Waals surface area contributed by atoms with Gasteiger partial charge in [-0.25, -0.2) is 13.4 Å². The number of anilines is 2. The van der Waals surface area contributed by atoms with E-state index in [1.54, 1.807) is 49.5 Å². The van der Waals surface area contributed by atoms with E-state index >= 15 is 0 Å². The fourth-order valence-corrected chi connectivity index (χ4v) is 6.04. The smallest absolute Gasteiger partial charge is 0.308 e. The molecule has 0 bridgehead atoms. The molecule has 3 aromatic rings. The SMILES string of the molecule is CCOC(=O)C1CCC(N(c2c(N)cnc3[nH]ccc23)S(=O)(=O)c2ccccc2)CC1. The van der Waals surface area contributed by atoms with Crippen LogP contribution in [0.3, 0.4) is 0 Å². The molecule has 4 rings (SSSR count). The Labute approximate surface area is 181 Å². The summed E-state index contributed by atoms with van der Waals surface area (Å²) in [5.74, 6) is -0.422. The molecule has 164 valence electrons. The van der Waals surface area contributed by atoms with Crippen molar-refractivity contribution in [2.24, 2.45) is 5.92 Å². The minimum atomic E-state index is -3.90. The molecule has 0 radical (unpaired) electrons. The summed E-state index contributed by atoms with van der Waals surface area (Å²) in [5, 5.41) is 0.645. The summed E-state index contributed by atoms with van der Waals surface area (Å²) in [5.41, 5.74) is 7.57. The molecule has 1 aliphatic carbocycles. The number of fused-ring (bicyclic) bond motifs is 1. The minimum Gasteiger partial charge on any atom is -0.466 e. The number of nitrogens with zero attached hydrogens (tertiary/aromatic N) is 2. The van der Waals surface area contributed by atoms with E-state index in [0.717, 1.165) is 0 Å². The van der Waals surface area contributed by atoms with Crippen molar-refractivity contribution in [2.45, 2.75) is 43.5 Å². The van der Waals surface area contributed by atoms with Gasteiger partial charge < -0.3 is 15.5 Å². The number of rotatable bonds is 6. The predicted molar refractivity (Wildman–Crippen MR) is 119 cm³/mol. The lowest BCUT2D eigenvalue weighted by atomic mass is 9.86. The van der Waals surface area contributed by atoms with Crippen molar-refractivity contribution in [3.63, 3.8) is 0 Å². The van der Waals surface area contributed by atoms with Gasteiger partial charge in [-0.2, -0.15) is 0 Å². The molecule has 2 aromatic heterocycles. The number of carbonyl (C=O) groups is 1. The van der Waals surface area contributed by atoms with Crippen molar-refractivity contribution in [1.29, 1.82) is 0 Å². The van der Waals surface area contributed by atoms with E-state index in [4.69, 9.17) is 10.5 Å². The summed E-state index contributed by atoms with van der Waals surface area (Å²) >= 11 is 0. The molecular weight excluding hydrogens is 416 g/mol. The molecule has 0 atom stereocenters. The van der Waals surface area contributed by atoms with E-state index < -0.39 is 10.0 Å². The van der Waals surface area contributed by atoms with Gasteiger partial charge in [-0.05, 0) is 50.8 Å². The topological polar surface area (TPSA) is 118 Å². The van der Waals surface area contributed by atoms with Crippen molar-refractivity contribution in [3.8, 4) is 0 Å². The van der Waals surface area contributed by atoms with Crippen LogP contribution in [0.4, 0.5) is 11.4 Å². The van der Waals surface area contributed by atoms with Crippen LogP contribution in [0.2, 0.25) is 0 Å². The summed E-state index contributed by atoms with van der Waals surface area (Å²) < 4.78 is 34.2. The van der Waals surface area contributed by atoms with Crippen molar-refractivity contribution in [2.75, 3.05) is 16.6 Å². The zero-order valence-electron chi connectivity index (χ0n) is 17.3. The van der Waals surface area contributed by atoms with Gasteiger partial charge in [0, 0.05) is 17.6 Å². The van der Waals surface area contributed by atoms with E-state index in [-0.39, 0.29) is 22.8 Å². The van der Waals surface area contributed by atoms with Crippen LogP contribution in [0.15, 0.2) is 53.7 Å². The highest BCUT2D eigenvalue weighted by molar-refractivity contribution is 7.93. The Balaban J connectivity index is 1.77. The number of carbonyl (C=O) groups excluding carboxylic acids is 1. The molecule has 1 saturated carbocycles. The Morgan fingerprint density at radius 1 is 1.19 bits per heavy atom. The standard InChI is InChI=1S/C22H26N4O4S/c1-2-30-22(27)15-8-10-16(11-9-15)26(31(28,29)17-6-4-3-5-7-17)20-18-12-13-24-21(18)25-14-19(20)23/h3-7,12-16H,2,8-11,23H2,1H3,(H,24,25). The third kappa shape index (κ3) is 3.97. The second-order valence-corrected chi connectivity index (χ2v) is 9.49. The van der Waals surface area contributed by atoms with Gasteiger partial charge in [0.05, 0.1) is 35.0 Å². The average Bonchev–Trinajstić information content (AvgIpc) is 3.25. The Morgan fingerprint density at radius 2 is 1.90 bits per heavy atom. The van der Waals surface area contributed by atoms with E-state index in [9.17, 15) is 13.2 Å². The van der Waals surface area contributed by atoms with Crippen LogP contribution in [0.5, 0.6) is 0 Å². The molecular formula is C22H26N4O4S. The van der Waals surface area contributed by atoms with Crippen molar-refractivity contribution in [3.05, 3.63) is 48.8 Å². The van der Waals surface area contributed by atoms with Crippen molar-refractivity contribution in [1.82, 2.24) is 9.97 Å². The van der Waals surface area contributed by atoms with Crippen LogP contribution in [0.1, 0.15) is 32.6 Å². The van der Waals surface area contributed by atoms with Crippen LogP contribution < -0.4 is 10.0 Å². The third-order valence-electron chi connectivity index (χ3n) is 5.76. The number of pyridine rings is 1. The number of nitrogen functional groups attached to an aromatic ring is 1. The molecule has 31 heavy (non-hydrogen) atoms. The number of sulfonamides is 1. The number of nitrogens with one attached hydrogen (secondary N) is 1. The number of aromatic amines is 1. The molecule has 0 unspecified atom stereocenters. The summed E-state index contributed by atoms with van der Waals surface area (Å²) in [6, 6.07) is 9.79. The van der Waals surface area contributed by atoms with Gasteiger partial charge in [-0.1, -0.05) is 18.2 Å². The molecule has 0 amide bonds. The number of H-pyrrole nitrogens is 1. The van der Waals surface area contributed by atoms with Gasteiger partial charge in [0.15, 0.2) is 0 Å². The van der Waals surface area contributed by atoms with E-state index in [0.29, 0.717) is 54.7 Å². The van der Waals surface area contributed by atoms with Gasteiger partial charge in [0.25, 0.3) is 10.0 Å². The molecule has 1 fully saturated rings. The maximum Gasteiger partial charge on any atom is 0.308 e. The molecule has 1 aromatic carbocycles. The van der Waals surface area contributed by atoms with Gasteiger partial charge >= 0.3 is 5.97 Å². The maximum absolute atomic E-state index is 13.8. The predicted octanol–water partition coefficient (Wildman–Crippen LogP) is 3.46. The van der Waals surface area contributed by atoms with Crippen LogP contribution in [0, 0.1) is 5.92 Å². The van der Waals surface area contributed by atoms with Gasteiger partial charge in [0.1, 0.15) is 5.65 Å². The molecule has 8 nitrogen and oxygen atoms in total. The number of esters is 1. The Kier molecular flexibility index (Phi) is 5.86. The Hall–Kier alpha value is -3.07. The molecule has 0 spiro atoms. The largest absolute Gasteiger partial charge is 0.466 e. The zero-order valence-corrected chi connectivity index (χ0v) is 18.1. The monoisotopic (exact) mass is 442 g/mol. The van der Waals surface area contributed by atoms with E-state index in [2.05, 4.69) is 9.97 Å². The molecule has 0 aliphatic heterocycles. The third-order valence-corrected chi connectivity index (χ3v) is 7.62. The van der Waals surface area contributed by atoms with Crippen LogP contribution >= 0.6 is 0 Å². The summed E-state index contributed by atoms with van der Waals surface area (Å²) in [4.78, 5) is 19.7. The van der Waals surface area contributed by atoms with Crippen LogP contribution in [-0.2, 0) is 19.6 Å². The Bertz CT molecular complexity index is 1170. The summed E-state index contributed by atoms with van der Waals surface area (Å²) in [7, 11) is -3.90. The fourth-order valence-electron chi connectivity index (χ4n) is 4.27. The molecule has 2 heterocycles. The average molecular weight is 443 g/mol. The lowest BCUT2D eigenvalue weighted by Crippen LogP contribution is -2.43. The number of ether oxygens (including phenoxy) is 1. The number of nitrogens with two attached hydrogens (primary N) is 1. The molecule has 1 aliphatic rings. The number of aromatic nitrogens is 2. The highest BCUT2D eigenvalue weighted by atomic mass is 32.2. The molecule has 3 N–H and O–H groups in total. The van der Waals surface area contributed by atoms with Crippen molar-refractivity contribution < 1.29 is 17.9 Å². The lowest BCUT2D eigenvalue weighted by molar-refractivity contribution is -0.149. The minimum absolute atomic E-state index is 0.197. The fraction of sp³-hybridized carbons (Fsp3) is 0.364. The number of benzene rings is 1. The first-order valence-corrected chi connectivity index (χ1v) is 11.8. The van der Waals surface area contributed by atoms with E-state index in [1.165, 1.54) is 10.5 Å². The van der Waals surface area contributed by atoms with Crippen molar-refractivity contribution >= 4 is 38.4 Å². The van der Waals surface area contributed by atoms with Gasteiger partial charge in [0.2, 0.25) is 0 Å². The second kappa shape index (κ2) is 8.58. The Morgan fingerprint density at radius 3 is 2.58 bits per heavy atom. The van der Waals surface area contributed by atoms with Gasteiger partial charge in [-0.3, -0.25) is 9.10 Å². The molecule has 9 heteroatoms. The summed E-state index contributed by atoms with van der Waals surface area (Å²) in [6.45, 7) is 2.12. The quantitative estimate of drug-likeness (QED) is 0.565. The first kappa shape index (κ1) is 21.2. The number of hydrogen-bond acceptors (Lipinski definition) is 6. The zero-order chi connectivity index (χ0) is 22.0. The van der Waals surface area contributed by atoms with Crippen LogP contribution in [0.25, 0.3) is 11.0 Å². The van der Waals surface area contributed by atoms with Crippen LogP contribution in [-0.4, -0.2) is 37.0 Å². The second-order valence-electron chi connectivity index (χ2n) is 7.67. The first-order chi connectivity index (χ1) is 14.9. The molecule has 0 saturated heterocycles. The summed E-state index contributed by atoms with van der Waals surface area (Å²) in [6.07, 6.45) is 5.38. The normalized spacial score (nSPS) is 19.3. The maximum atomic E-state index is 13.8. The first-order valence-electron chi connectivity index (χ1n) is 10.4. The number of hydrogen-bond donors (Lipinski definition) is 2. The highest BCUT2D eigenvalue weighted by Crippen LogP contribution is 2.40. The van der Waals surface area contributed by atoms with E-state index in [1.807, 2.05) is 0 Å². The highest BCUT2D eigenvalue weighted by Gasteiger charge is 2.38. The van der Waals surface area contributed by atoms with Gasteiger partial charge in [-0.15, -0.1) is 0 Å².